The number of fused-ring (bicyclic) bond motifs is 1. The standard InChI is InChI=1S/C15H14ClFN2S/c16-15-4-2-13(20-15)10-18-6-8-19-7-5-11-9-12(17)1-3-14(11)19/h1-5,7,9,18H,6,8,10H2. The lowest BCUT2D eigenvalue weighted by atomic mass is 10.2. The zero-order valence-electron chi connectivity index (χ0n) is 10.8. The number of halogens is 2. The summed E-state index contributed by atoms with van der Waals surface area (Å²) in [5.74, 6) is -0.192. The fraction of sp³-hybridized carbons (Fsp3) is 0.200. The van der Waals surface area contributed by atoms with Crippen LogP contribution in [0.5, 0.6) is 0 Å². The summed E-state index contributed by atoms with van der Waals surface area (Å²) in [4.78, 5) is 1.23. The number of hydrogen-bond donors (Lipinski definition) is 1. The topological polar surface area (TPSA) is 17.0 Å². The van der Waals surface area contributed by atoms with Crippen LogP contribution in [0.2, 0.25) is 4.34 Å². The van der Waals surface area contributed by atoms with Crippen molar-refractivity contribution in [1.29, 1.82) is 0 Å². The molecule has 1 N–H and O–H groups in total. The summed E-state index contributed by atoms with van der Waals surface area (Å²) in [5.41, 5.74) is 1.06. The van der Waals surface area contributed by atoms with Crippen molar-refractivity contribution in [2.45, 2.75) is 13.1 Å². The van der Waals surface area contributed by atoms with Gasteiger partial charge in [-0.15, -0.1) is 11.3 Å². The van der Waals surface area contributed by atoms with Crippen molar-refractivity contribution < 1.29 is 4.39 Å². The van der Waals surface area contributed by atoms with Gasteiger partial charge in [0, 0.05) is 41.6 Å². The average molecular weight is 309 g/mol. The van der Waals surface area contributed by atoms with Crippen LogP contribution in [0.4, 0.5) is 4.39 Å². The number of benzene rings is 1. The van der Waals surface area contributed by atoms with E-state index in [-0.39, 0.29) is 5.82 Å². The van der Waals surface area contributed by atoms with Crippen LogP contribution in [0, 0.1) is 5.82 Å². The molecular weight excluding hydrogens is 295 g/mol. The normalized spacial score (nSPS) is 11.3. The van der Waals surface area contributed by atoms with Crippen LogP contribution in [0.15, 0.2) is 42.6 Å². The SMILES string of the molecule is Fc1ccc2c(ccn2CCNCc2ccc(Cl)s2)c1. The van der Waals surface area contributed by atoms with Crippen molar-refractivity contribution in [3.63, 3.8) is 0 Å². The molecule has 5 heteroatoms. The Kier molecular flexibility index (Phi) is 4.05. The molecule has 0 atom stereocenters. The minimum Gasteiger partial charge on any atom is -0.346 e. The highest BCUT2D eigenvalue weighted by Crippen LogP contribution is 2.21. The lowest BCUT2D eigenvalue weighted by molar-refractivity contribution is 0.611. The highest BCUT2D eigenvalue weighted by atomic mass is 35.5. The third-order valence-electron chi connectivity index (χ3n) is 3.19. The molecule has 3 aromatic rings. The predicted molar refractivity (Wildman–Crippen MR) is 82.9 cm³/mol. The summed E-state index contributed by atoms with van der Waals surface area (Å²) in [6.07, 6.45) is 1.99. The number of rotatable bonds is 5. The Hall–Kier alpha value is -1.36. The molecule has 0 spiro atoms. The first kappa shape index (κ1) is 13.6. The van der Waals surface area contributed by atoms with Gasteiger partial charge in [0.25, 0.3) is 0 Å². The number of nitrogens with one attached hydrogen (secondary N) is 1. The maximum Gasteiger partial charge on any atom is 0.123 e. The summed E-state index contributed by atoms with van der Waals surface area (Å²) in [7, 11) is 0. The quantitative estimate of drug-likeness (QED) is 0.696. The van der Waals surface area contributed by atoms with Gasteiger partial charge < -0.3 is 9.88 Å². The lowest BCUT2D eigenvalue weighted by Crippen LogP contribution is -2.18. The monoisotopic (exact) mass is 308 g/mol. The van der Waals surface area contributed by atoms with Crippen molar-refractivity contribution in [2.75, 3.05) is 6.54 Å². The van der Waals surface area contributed by atoms with Gasteiger partial charge in [-0.3, -0.25) is 0 Å². The Morgan fingerprint density at radius 2 is 2.10 bits per heavy atom. The summed E-state index contributed by atoms with van der Waals surface area (Å²) in [5, 5.41) is 4.33. The highest BCUT2D eigenvalue weighted by molar-refractivity contribution is 7.16. The Labute approximate surface area is 125 Å². The Bertz CT molecular complexity index is 720. The van der Waals surface area contributed by atoms with Gasteiger partial charge in [-0.1, -0.05) is 11.6 Å². The van der Waals surface area contributed by atoms with Crippen molar-refractivity contribution in [3.8, 4) is 0 Å². The van der Waals surface area contributed by atoms with E-state index < -0.39 is 0 Å². The van der Waals surface area contributed by atoms with Crippen molar-refractivity contribution in [3.05, 3.63) is 57.6 Å². The average Bonchev–Trinajstić information content (AvgIpc) is 3.01. The molecule has 0 fully saturated rings. The highest BCUT2D eigenvalue weighted by Gasteiger charge is 2.02. The molecule has 3 rings (SSSR count). The minimum absolute atomic E-state index is 0.192. The molecular formula is C15H14ClFN2S. The molecule has 0 radical (unpaired) electrons. The van der Waals surface area contributed by atoms with E-state index >= 15 is 0 Å². The number of aromatic nitrogens is 1. The van der Waals surface area contributed by atoms with E-state index in [4.69, 9.17) is 11.6 Å². The summed E-state index contributed by atoms with van der Waals surface area (Å²) < 4.78 is 16.1. The molecule has 1 aromatic carbocycles. The Morgan fingerprint density at radius 1 is 1.20 bits per heavy atom. The number of thiophene rings is 1. The molecule has 0 aliphatic heterocycles. The Balaban J connectivity index is 1.57. The molecule has 2 nitrogen and oxygen atoms in total. The largest absolute Gasteiger partial charge is 0.346 e. The molecule has 2 aromatic heterocycles. The van der Waals surface area contributed by atoms with Gasteiger partial charge in [0.2, 0.25) is 0 Å². The van der Waals surface area contributed by atoms with Gasteiger partial charge in [-0.2, -0.15) is 0 Å². The maximum absolute atomic E-state index is 13.1. The van der Waals surface area contributed by atoms with Gasteiger partial charge in [0.05, 0.1) is 4.34 Å². The lowest BCUT2D eigenvalue weighted by Gasteiger charge is -2.06. The van der Waals surface area contributed by atoms with Crippen LogP contribution in [-0.4, -0.2) is 11.1 Å². The van der Waals surface area contributed by atoms with Crippen LogP contribution >= 0.6 is 22.9 Å². The van der Waals surface area contributed by atoms with Crippen molar-refractivity contribution in [2.24, 2.45) is 0 Å². The van der Waals surface area contributed by atoms with E-state index in [1.807, 2.05) is 30.5 Å². The summed E-state index contributed by atoms with van der Waals surface area (Å²) >= 11 is 7.48. The van der Waals surface area contributed by atoms with Gasteiger partial charge in [-0.25, -0.2) is 4.39 Å². The van der Waals surface area contributed by atoms with Gasteiger partial charge in [0.15, 0.2) is 0 Å². The third-order valence-corrected chi connectivity index (χ3v) is 4.42. The summed E-state index contributed by atoms with van der Waals surface area (Å²) in [6.45, 7) is 2.54. The van der Waals surface area contributed by atoms with E-state index in [0.717, 1.165) is 34.9 Å². The van der Waals surface area contributed by atoms with Crippen LogP contribution in [0.3, 0.4) is 0 Å². The maximum atomic E-state index is 13.1. The Morgan fingerprint density at radius 3 is 2.90 bits per heavy atom. The molecule has 20 heavy (non-hydrogen) atoms. The first-order valence-electron chi connectivity index (χ1n) is 6.42. The molecule has 0 saturated carbocycles. The van der Waals surface area contributed by atoms with E-state index in [2.05, 4.69) is 9.88 Å². The first-order valence-corrected chi connectivity index (χ1v) is 7.61. The fourth-order valence-electron chi connectivity index (χ4n) is 2.22. The second-order valence-electron chi connectivity index (χ2n) is 4.59. The number of hydrogen-bond acceptors (Lipinski definition) is 2. The first-order chi connectivity index (χ1) is 9.72. The van der Waals surface area contributed by atoms with Crippen LogP contribution in [-0.2, 0) is 13.1 Å². The van der Waals surface area contributed by atoms with Crippen LogP contribution in [0.1, 0.15) is 4.88 Å². The molecule has 0 aliphatic rings. The molecule has 104 valence electrons. The molecule has 0 amide bonds. The van der Waals surface area contributed by atoms with E-state index in [9.17, 15) is 4.39 Å². The van der Waals surface area contributed by atoms with Crippen molar-refractivity contribution in [1.82, 2.24) is 9.88 Å². The molecule has 0 unspecified atom stereocenters. The zero-order chi connectivity index (χ0) is 13.9. The summed E-state index contributed by atoms with van der Waals surface area (Å²) in [6, 6.07) is 10.8. The van der Waals surface area contributed by atoms with E-state index in [1.165, 1.54) is 10.9 Å². The fourth-order valence-corrected chi connectivity index (χ4v) is 3.28. The molecule has 0 bridgehead atoms. The number of nitrogens with zero attached hydrogens (tertiary/aromatic N) is 1. The van der Waals surface area contributed by atoms with E-state index in [0.29, 0.717) is 0 Å². The van der Waals surface area contributed by atoms with E-state index in [1.54, 1.807) is 17.4 Å². The zero-order valence-corrected chi connectivity index (χ0v) is 12.3. The van der Waals surface area contributed by atoms with Crippen LogP contribution < -0.4 is 5.32 Å². The second-order valence-corrected chi connectivity index (χ2v) is 6.39. The third kappa shape index (κ3) is 3.03. The van der Waals surface area contributed by atoms with Gasteiger partial charge in [0.1, 0.15) is 5.82 Å². The second kappa shape index (κ2) is 5.95. The smallest absolute Gasteiger partial charge is 0.123 e. The molecule has 2 heterocycles. The van der Waals surface area contributed by atoms with Gasteiger partial charge in [-0.05, 0) is 36.4 Å². The molecule has 0 saturated heterocycles. The van der Waals surface area contributed by atoms with Crippen LogP contribution in [0.25, 0.3) is 10.9 Å². The van der Waals surface area contributed by atoms with Gasteiger partial charge >= 0.3 is 0 Å². The minimum atomic E-state index is -0.192. The van der Waals surface area contributed by atoms with Crippen molar-refractivity contribution >= 4 is 33.8 Å². The predicted octanol–water partition coefficient (Wildman–Crippen LogP) is 4.29. The molecule has 0 aliphatic carbocycles.